The average Bonchev–Trinajstić information content (AvgIpc) is 2.14. The fourth-order valence-corrected chi connectivity index (χ4v) is 0.919. The number of amidine groups is 1. The van der Waals surface area contributed by atoms with Crippen molar-refractivity contribution in [2.45, 2.75) is 13.8 Å². The van der Waals surface area contributed by atoms with Crippen molar-refractivity contribution in [1.82, 2.24) is 15.6 Å². The van der Waals surface area contributed by atoms with Crippen LogP contribution in [0.2, 0.25) is 0 Å². The molecule has 1 rings (SSSR count). The zero-order valence-electron chi connectivity index (χ0n) is 6.92. The Hall–Kier alpha value is -0.705. The molecule has 1 heterocycles. The number of hydrazone groups is 1. The van der Waals surface area contributed by atoms with Crippen LogP contribution in [0.4, 0.5) is 0 Å². The molecule has 0 unspecified atom stereocenters. The molecule has 0 radical (unpaired) electrons. The number of hydrogen-bond acceptors (Lipinski definition) is 4. The second kappa shape index (κ2) is 2.50. The molecule has 56 valence electrons. The van der Waals surface area contributed by atoms with Crippen molar-refractivity contribution in [2.75, 3.05) is 7.05 Å². The maximum Gasteiger partial charge on any atom is 0.243 e. The fourth-order valence-electron chi connectivity index (χ4n) is 0.919. The van der Waals surface area contributed by atoms with Crippen molar-refractivity contribution in [2.24, 2.45) is 11.0 Å². The second-order valence-corrected chi connectivity index (χ2v) is 2.77. The van der Waals surface area contributed by atoms with E-state index in [1.54, 1.807) is 0 Å². The van der Waals surface area contributed by atoms with E-state index in [2.05, 4.69) is 24.5 Å². The van der Waals surface area contributed by atoms with Gasteiger partial charge in [-0.2, -0.15) is 0 Å². The molecule has 1 aliphatic heterocycles. The van der Waals surface area contributed by atoms with Gasteiger partial charge in [-0.1, -0.05) is 13.8 Å². The van der Waals surface area contributed by atoms with Gasteiger partial charge in [-0.15, -0.1) is 10.2 Å². The van der Waals surface area contributed by atoms with Crippen molar-refractivity contribution < 1.29 is 0 Å². The summed E-state index contributed by atoms with van der Waals surface area (Å²) in [6.07, 6.45) is 0. The van der Waals surface area contributed by atoms with Crippen molar-refractivity contribution in [3.05, 3.63) is 0 Å². The number of nitrogens with zero attached hydrogens (tertiary/aromatic N) is 3. The number of rotatable bonds is 1. The van der Waals surface area contributed by atoms with E-state index < -0.39 is 0 Å². The molecule has 0 aromatic carbocycles. The van der Waals surface area contributed by atoms with Crippen LogP contribution in [0.1, 0.15) is 13.8 Å². The number of hydrazine groups is 2. The van der Waals surface area contributed by atoms with Crippen molar-refractivity contribution in [1.29, 1.82) is 0 Å². The van der Waals surface area contributed by atoms with Crippen molar-refractivity contribution in [3.8, 4) is 0 Å². The molecule has 10 heavy (non-hydrogen) atoms. The molecule has 0 aromatic heterocycles. The van der Waals surface area contributed by atoms with Gasteiger partial charge < -0.3 is 4.92 Å². The molecule has 0 bridgehead atoms. The van der Waals surface area contributed by atoms with E-state index in [0.717, 1.165) is 5.84 Å². The summed E-state index contributed by atoms with van der Waals surface area (Å²) in [7, 11) is 3.91. The van der Waals surface area contributed by atoms with Gasteiger partial charge in [0, 0.05) is 13.0 Å². The molecule has 0 aromatic rings. The molecule has 0 aliphatic carbocycles. The normalized spacial score (nSPS) is 19.6. The summed E-state index contributed by atoms with van der Waals surface area (Å²) in [4.78, 5) is 1.99. The predicted octanol–water partition coefficient (Wildman–Crippen LogP) is -0.829. The van der Waals surface area contributed by atoms with Crippen LogP contribution in [0, 0.1) is 5.92 Å². The van der Waals surface area contributed by atoms with Gasteiger partial charge in [0.25, 0.3) is 0 Å². The summed E-state index contributed by atoms with van der Waals surface area (Å²) < 4.78 is 0. The van der Waals surface area contributed by atoms with E-state index in [1.165, 1.54) is 0 Å². The van der Waals surface area contributed by atoms with Crippen LogP contribution < -0.4 is 5.53 Å². The number of hydrogen-bond donors (Lipinski definition) is 1. The SMILES string of the molecule is BN1C(C(C)C)=NNN1C. The first-order valence-corrected chi connectivity index (χ1v) is 3.43. The van der Waals surface area contributed by atoms with Gasteiger partial charge in [0.2, 0.25) is 7.98 Å². The first kappa shape index (κ1) is 7.40. The standard InChI is InChI=1S/C5H13BN4/c1-4(2)5-7-8-9(3)10(5)6/h4,8H,6H2,1-3H3. The van der Waals surface area contributed by atoms with Gasteiger partial charge in [0.1, 0.15) is 5.84 Å². The average molecular weight is 140 g/mol. The summed E-state index contributed by atoms with van der Waals surface area (Å²) in [6, 6.07) is 0. The smallest absolute Gasteiger partial charge is 0.243 e. The van der Waals surface area contributed by atoms with Crippen LogP contribution >= 0.6 is 0 Å². The maximum absolute atomic E-state index is 4.12. The molecule has 1 aliphatic rings. The topological polar surface area (TPSA) is 30.9 Å². The minimum Gasteiger partial charge on any atom is -0.328 e. The summed E-state index contributed by atoms with van der Waals surface area (Å²) in [5.41, 5.74) is 2.85. The Morgan fingerprint density at radius 1 is 1.60 bits per heavy atom. The first-order chi connectivity index (χ1) is 4.63. The Bertz CT molecular complexity index is 156. The van der Waals surface area contributed by atoms with E-state index in [1.807, 2.05) is 25.1 Å². The Balaban J connectivity index is 2.62. The lowest BCUT2D eigenvalue weighted by Gasteiger charge is -2.23. The van der Waals surface area contributed by atoms with Gasteiger partial charge in [-0.25, -0.2) is 5.53 Å². The van der Waals surface area contributed by atoms with Crippen LogP contribution in [0.5, 0.6) is 0 Å². The minimum atomic E-state index is 0.474. The van der Waals surface area contributed by atoms with Gasteiger partial charge in [0.05, 0.1) is 0 Å². The number of nitrogens with one attached hydrogen (secondary N) is 1. The highest BCUT2D eigenvalue weighted by atomic mass is 15.9. The highest BCUT2D eigenvalue weighted by molar-refractivity contribution is 6.15. The molecule has 5 heteroatoms. The second-order valence-electron chi connectivity index (χ2n) is 2.77. The molecule has 0 amide bonds. The van der Waals surface area contributed by atoms with Crippen LogP contribution in [0.3, 0.4) is 0 Å². The minimum absolute atomic E-state index is 0.474. The molecule has 0 saturated carbocycles. The third-order valence-electron chi connectivity index (χ3n) is 1.61. The molecule has 0 atom stereocenters. The zero-order valence-corrected chi connectivity index (χ0v) is 6.92. The Kier molecular flexibility index (Phi) is 1.85. The van der Waals surface area contributed by atoms with E-state index in [-0.39, 0.29) is 0 Å². The molecule has 0 spiro atoms. The molecular formula is C5H13BN4. The Morgan fingerprint density at radius 2 is 2.20 bits per heavy atom. The highest BCUT2D eigenvalue weighted by Crippen LogP contribution is 2.05. The molecular weight excluding hydrogens is 127 g/mol. The van der Waals surface area contributed by atoms with Crippen LogP contribution in [0.25, 0.3) is 0 Å². The van der Waals surface area contributed by atoms with Crippen molar-refractivity contribution in [3.63, 3.8) is 0 Å². The van der Waals surface area contributed by atoms with Gasteiger partial charge in [-0.3, -0.25) is 0 Å². The van der Waals surface area contributed by atoms with E-state index in [4.69, 9.17) is 0 Å². The zero-order chi connectivity index (χ0) is 7.72. The van der Waals surface area contributed by atoms with E-state index in [0.29, 0.717) is 5.92 Å². The fraction of sp³-hybridized carbons (Fsp3) is 0.800. The molecule has 0 saturated heterocycles. The third kappa shape index (κ3) is 1.09. The lowest BCUT2D eigenvalue weighted by molar-refractivity contribution is 0.125. The first-order valence-electron chi connectivity index (χ1n) is 3.43. The van der Waals surface area contributed by atoms with E-state index in [9.17, 15) is 0 Å². The van der Waals surface area contributed by atoms with Crippen molar-refractivity contribution >= 4 is 13.8 Å². The summed E-state index contributed by atoms with van der Waals surface area (Å²) in [5.74, 6) is 1.55. The van der Waals surface area contributed by atoms with Gasteiger partial charge in [-0.05, 0) is 0 Å². The lowest BCUT2D eigenvalue weighted by Crippen LogP contribution is -2.41. The summed E-state index contributed by atoms with van der Waals surface area (Å²) in [6.45, 7) is 4.24. The van der Waals surface area contributed by atoms with E-state index >= 15 is 0 Å². The highest BCUT2D eigenvalue weighted by Gasteiger charge is 2.19. The molecule has 1 N–H and O–H groups in total. The Morgan fingerprint density at radius 3 is 2.40 bits per heavy atom. The third-order valence-corrected chi connectivity index (χ3v) is 1.61. The Labute approximate surface area is 62.2 Å². The van der Waals surface area contributed by atoms with Gasteiger partial charge in [0.15, 0.2) is 0 Å². The monoisotopic (exact) mass is 140 g/mol. The largest absolute Gasteiger partial charge is 0.328 e. The summed E-state index contributed by atoms with van der Waals surface area (Å²) in [5, 5.41) is 5.96. The quantitative estimate of drug-likeness (QED) is 0.482. The molecule has 4 nitrogen and oxygen atoms in total. The van der Waals surface area contributed by atoms with Crippen LogP contribution in [-0.4, -0.2) is 30.9 Å². The van der Waals surface area contributed by atoms with Crippen LogP contribution in [0.15, 0.2) is 5.10 Å². The summed E-state index contributed by atoms with van der Waals surface area (Å²) >= 11 is 0. The van der Waals surface area contributed by atoms with Crippen LogP contribution in [-0.2, 0) is 0 Å². The molecule has 0 fully saturated rings. The lowest BCUT2D eigenvalue weighted by atomic mass is 10.1. The van der Waals surface area contributed by atoms with Gasteiger partial charge >= 0.3 is 0 Å². The maximum atomic E-state index is 4.12. The predicted molar refractivity (Wildman–Crippen MR) is 43.6 cm³/mol.